The molecule has 0 spiro atoms. The standard InChI is InChI=1S/C17H20INO2/c1-11-6-5-7-13(16(11)18)17(19-2)12-8-9-14(20-3)15(10-12)21-4/h5-10,17,19H,1-4H3. The number of halogens is 1. The number of nitrogens with one attached hydrogen (secondary N) is 1. The Balaban J connectivity index is 2.49. The van der Waals surface area contributed by atoms with Gasteiger partial charge in [0.05, 0.1) is 20.3 Å². The molecular weight excluding hydrogens is 377 g/mol. The van der Waals surface area contributed by atoms with E-state index in [1.807, 2.05) is 19.2 Å². The summed E-state index contributed by atoms with van der Waals surface area (Å²) in [5.74, 6) is 1.49. The van der Waals surface area contributed by atoms with Crippen LogP contribution in [0.3, 0.4) is 0 Å². The van der Waals surface area contributed by atoms with Crippen molar-refractivity contribution in [3.05, 3.63) is 56.7 Å². The van der Waals surface area contributed by atoms with Gasteiger partial charge in [-0.1, -0.05) is 24.3 Å². The van der Waals surface area contributed by atoms with Crippen LogP contribution in [0.15, 0.2) is 36.4 Å². The maximum Gasteiger partial charge on any atom is 0.161 e. The molecule has 2 aromatic rings. The van der Waals surface area contributed by atoms with Crippen molar-refractivity contribution in [2.75, 3.05) is 21.3 Å². The third kappa shape index (κ3) is 3.32. The van der Waals surface area contributed by atoms with Crippen LogP contribution in [-0.4, -0.2) is 21.3 Å². The van der Waals surface area contributed by atoms with Crippen molar-refractivity contribution in [3.8, 4) is 11.5 Å². The molecule has 0 aliphatic heterocycles. The highest BCUT2D eigenvalue weighted by molar-refractivity contribution is 14.1. The Morgan fingerprint density at radius 3 is 2.38 bits per heavy atom. The summed E-state index contributed by atoms with van der Waals surface area (Å²) < 4.78 is 12.0. The Bertz CT molecular complexity index is 628. The fourth-order valence-electron chi connectivity index (χ4n) is 2.43. The Kier molecular flexibility index (Phi) is 5.47. The van der Waals surface area contributed by atoms with Crippen LogP contribution in [-0.2, 0) is 0 Å². The van der Waals surface area contributed by atoms with Crippen molar-refractivity contribution in [1.82, 2.24) is 5.32 Å². The highest BCUT2D eigenvalue weighted by atomic mass is 127. The monoisotopic (exact) mass is 397 g/mol. The molecular formula is C17H20INO2. The average molecular weight is 397 g/mol. The summed E-state index contributed by atoms with van der Waals surface area (Å²) >= 11 is 2.41. The largest absolute Gasteiger partial charge is 0.493 e. The van der Waals surface area contributed by atoms with E-state index in [4.69, 9.17) is 9.47 Å². The SMILES string of the molecule is CNC(c1ccc(OC)c(OC)c1)c1cccc(C)c1I. The molecule has 3 nitrogen and oxygen atoms in total. The van der Waals surface area contributed by atoms with Gasteiger partial charge in [-0.15, -0.1) is 0 Å². The van der Waals surface area contributed by atoms with Crippen LogP contribution in [0, 0.1) is 10.5 Å². The first kappa shape index (κ1) is 16.1. The molecule has 21 heavy (non-hydrogen) atoms. The predicted molar refractivity (Wildman–Crippen MR) is 94.3 cm³/mol. The summed E-state index contributed by atoms with van der Waals surface area (Å²) in [7, 11) is 5.28. The van der Waals surface area contributed by atoms with E-state index in [-0.39, 0.29) is 6.04 Å². The lowest BCUT2D eigenvalue weighted by atomic mass is 9.97. The molecule has 1 N–H and O–H groups in total. The molecule has 0 bridgehead atoms. The molecule has 0 amide bonds. The molecule has 0 saturated heterocycles. The van der Waals surface area contributed by atoms with Gasteiger partial charge in [0, 0.05) is 3.57 Å². The minimum absolute atomic E-state index is 0.122. The summed E-state index contributed by atoms with van der Waals surface area (Å²) in [5.41, 5.74) is 3.71. The summed E-state index contributed by atoms with van der Waals surface area (Å²) in [5, 5.41) is 3.39. The van der Waals surface area contributed by atoms with Crippen LogP contribution >= 0.6 is 22.6 Å². The zero-order valence-corrected chi connectivity index (χ0v) is 14.9. The molecule has 0 aliphatic rings. The second-order valence-corrected chi connectivity index (χ2v) is 5.89. The third-order valence-electron chi connectivity index (χ3n) is 3.56. The zero-order valence-electron chi connectivity index (χ0n) is 12.7. The third-order valence-corrected chi connectivity index (χ3v) is 5.04. The molecule has 2 rings (SSSR count). The van der Waals surface area contributed by atoms with Crippen molar-refractivity contribution >= 4 is 22.6 Å². The van der Waals surface area contributed by atoms with Crippen molar-refractivity contribution in [3.63, 3.8) is 0 Å². The van der Waals surface area contributed by atoms with Crippen LogP contribution < -0.4 is 14.8 Å². The highest BCUT2D eigenvalue weighted by Gasteiger charge is 2.17. The van der Waals surface area contributed by atoms with E-state index in [1.54, 1.807) is 14.2 Å². The van der Waals surface area contributed by atoms with E-state index < -0.39 is 0 Å². The van der Waals surface area contributed by atoms with E-state index in [1.165, 1.54) is 14.7 Å². The lowest BCUT2D eigenvalue weighted by Gasteiger charge is -2.21. The van der Waals surface area contributed by atoms with Gasteiger partial charge in [-0.3, -0.25) is 0 Å². The maximum absolute atomic E-state index is 5.41. The molecule has 1 unspecified atom stereocenters. The van der Waals surface area contributed by atoms with Gasteiger partial charge < -0.3 is 14.8 Å². The molecule has 0 saturated carbocycles. The van der Waals surface area contributed by atoms with E-state index in [2.05, 4.69) is 59.1 Å². The number of methoxy groups -OCH3 is 2. The van der Waals surface area contributed by atoms with E-state index in [0.29, 0.717) is 0 Å². The van der Waals surface area contributed by atoms with Crippen LogP contribution in [0.5, 0.6) is 11.5 Å². The number of benzene rings is 2. The zero-order chi connectivity index (χ0) is 15.4. The predicted octanol–water partition coefficient (Wildman–Crippen LogP) is 3.93. The van der Waals surface area contributed by atoms with Crippen molar-refractivity contribution in [1.29, 1.82) is 0 Å². The van der Waals surface area contributed by atoms with Crippen LogP contribution in [0.25, 0.3) is 0 Å². The number of aryl methyl sites for hydroxylation is 1. The second kappa shape index (κ2) is 7.13. The van der Waals surface area contributed by atoms with Gasteiger partial charge in [-0.05, 0) is 65.4 Å². The van der Waals surface area contributed by atoms with Gasteiger partial charge in [-0.25, -0.2) is 0 Å². The minimum Gasteiger partial charge on any atom is -0.493 e. The Morgan fingerprint density at radius 1 is 1.05 bits per heavy atom. The van der Waals surface area contributed by atoms with Gasteiger partial charge in [0.25, 0.3) is 0 Å². The smallest absolute Gasteiger partial charge is 0.161 e. The lowest BCUT2D eigenvalue weighted by Crippen LogP contribution is -2.19. The van der Waals surface area contributed by atoms with Gasteiger partial charge in [0.1, 0.15) is 0 Å². The summed E-state index contributed by atoms with van der Waals surface area (Å²) in [6, 6.07) is 12.6. The second-order valence-electron chi connectivity index (χ2n) is 4.81. The van der Waals surface area contributed by atoms with Gasteiger partial charge in [0.2, 0.25) is 0 Å². The summed E-state index contributed by atoms with van der Waals surface area (Å²) in [6.45, 7) is 2.13. The van der Waals surface area contributed by atoms with Crippen molar-refractivity contribution < 1.29 is 9.47 Å². The molecule has 0 aliphatic carbocycles. The lowest BCUT2D eigenvalue weighted by molar-refractivity contribution is 0.354. The first-order valence-electron chi connectivity index (χ1n) is 6.76. The number of ether oxygens (including phenoxy) is 2. The first-order chi connectivity index (χ1) is 10.1. The molecule has 0 radical (unpaired) electrons. The Labute approximate surface area is 139 Å². The molecule has 0 fully saturated rings. The summed E-state index contributed by atoms with van der Waals surface area (Å²) in [4.78, 5) is 0. The molecule has 0 heterocycles. The van der Waals surface area contributed by atoms with E-state index >= 15 is 0 Å². The maximum atomic E-state index is 5.41. The fourth-order valence-corrected chi connectivity index (χ4v) is 3.10. The van der Waals surface area contributed by atoms with Gasteiger partial charge in [0.15, 0.2) is 11.5 Å². The molecule has 0 aromatic heterocycles. The summed E-state index contributed by atoms with van der Waals surface area (Å²) in [6.07, 6.45) is 0. The van der Waals surface area contributed by atoms with Crippen molar-refractivity contribution in [2.45, 2.75) is 13.0 Å². The number of rotatable bonds is 5. The number of hydrogen-bond acceptors (Lipinski definition) is 3. The average Bonchev–Trinajstić information content (AvgIpc) is 2.51. The fraction of sp³-hybridized carbons (Fsp3) is 0.294. The Morgan fingerprint density at radius 2 is 1.76 bits per heavy atom. The van der Waals surface area contributed by atoms with Crippen LogP contribution in [0.4, 0.5) is 0 Å². The molecule has 4 heteroatoms. The van der Waals surface area contributed by atoms with E-state index in [9.17, 15) is 0 Å². The van der Waals surface area contributed by atoms with Crippen LogP contribution in [0.2, 0.25) is 0 Å². The molecule has 112 valence electrons. The van der Waals surface area contributed by atoms with Crippen LogP contribution in [0.1, 0.15) is 22.7 Å². The van der Waals surface area contributed by atoms with Gasteiger partial charge in [-0.2, -0.15) is 0 Å². The number of hydrogen-bond donors (Lipinski definition) is 1. The van der Waals surface area contributed by atoms with Gasteiger partial charge >= 0.3 is 0 Å². The van der Waals surface area contributed by atoms with E-state index in [0.717, 1.165) is 17.1 Å². The highest BCUT2D eigenvalue weighted by Crippen LogP contribution is 2.33. The quantitative estimate of drug-likeness (QED) is 0.776. The van der Waals surface area contributed by atoms with Crippen molar-refractivity contribution in [2.24, 2.45) is 0 Å². The normalized spacial score (nSPS) is 12.0. The molecule has 2 aromatic carbocycles. The topological polar surface area (TPSA) is 30.5 Å². The first-order valence-corrected chi connectivity index (χ1v) is 7.84. The molecule has 1 atom stereocenters. The Hall–Kier alpha value is -1.27. The minimum atomic E-state index is 0.122.